The second-order valence-electron chi connectivity index (χ2n) is 4.40. The topological polar surface area (TPSA) is 101 Å². The first kappa shape index (κ1) is 13.8. The number of hydrazine groups is 1. The Morgan fingerprint density at radius 1 is 1.55 bits per heavy atom. The number of amidine groups is 1. The molecule has 0 fully saturated rings. The molecule has 0 radical (unpaired) electrons. The summed E-state index contributed by atoms with van der Waals surface area (Å²) < 4.78 is 10.5. The van der Waals surface area contributed by atoms with Gasteiger partial charge < -0.3 is 9.15 Å². The van der Waals surface area contributed by atoms with Gasteiger partial charge in [0.05, 0.1) is 12.2 Å². The summed E-state index contributed by atoms with van der Waals surface area (Å²) in [6, 6.07) is 2.82. The Morgan fingerprint density at radius 2 is 2.25 bits per heavy atom. The molecular formula is C11H14N4O5. The molecule has 1 aliphatic rings. The van der Waals surface area contributed by atoms with Gasteiger partial charge in [0.25, 0.3) is 5.91 Å². The van der Waals surface area contributed by atoms with Crippen molar-refractivity contribution >= 4 is 23.7 Å². The van der Waals surface area contributed by atoms with Gasteiger partial charge in [0.2, 0.25) is 5.88 Å². The average molecular weight is 282 g/mol. The molecule has 9 heteroatoms. The fraction of sp³-hybridized carbons (Fsp3) is 0.455. The highest BCUT2D eigenvalue weighted by Crippen LogP contribution is 2.25. The highest BCUT2D eigenvalue weighted by molar-refractivity contribution is 5.98. The van der Waals surface area contributed by atoms with Crippen molar-refractivity contribution in [2.24, 2.45) is 4.99 Å². The predicted octanol–water partition coefficient (Wildman–Crippen LogP) is 1.16. The lowest BCUT2D eigenvalue weighted by Crippen LogP contribution is -2.44. The maximum atomic E-state index is 11.4. The molecule has 0 N–H and O–H groups in total. The van der Waals surface area contributed by atoms with Crippen molar-refractivity contribution in [2.75, 3.05) is 18.6 Å². The minimum atomic E-state index is -0.633. The van der Waals surface area contributed by atoms with Gasteiger partial charge in [0, 0.05) is 13.1 Å². The Kier molecular flexibility index (Phi) is 3.59. The van der Waals surface area contributed by atoms with Crippen LogP contribution < -0.4 is 5.01 Å². The van der Waals surface area contributed by atoms with Gasteiger partial charge in [-0.05, 0) is 13.8 Å². The minimum Gasteiger partial charge on any atom is -0.461 e. The number of hydrogen-bond acceptors (Lipinski definition) is 7. The molecule has 0 bridgehead atoms. The molecule has 0 spiro atoms. The first-order chi connectivity index (χ1) is 9.38. The van der Waals surface area contributed by atoms with Gasteiger partial charge in [-0.25, -0.2) is 5.01 Å². The maximum Gasteiger partial charge on any atom is 0.434 e. The molecule has 0 aliphatic carbocycles. The van der Waals surface area contributed by atoms with Crippen molar-refractivity contribution in [1.82, 2.24) is 5.01 Å². The largest absolute Gasteiger partial charge is 0.461 e. The lowest BCUT2D eigenvalue weighted by atomic mass is 10.5. The molecule has 1 aliphatic heterocycles. The quantitative estimate of drug-likeness (QED) is 0.603. The zero-order valence-corrected chi connectivity index (χ0v) is 11.3. The van der Waals surface area contributed by atoms with Gasteiger partial charge in [-0.3, -0.25) is 19.9 Å². The SMILES string of the molecule is CC(C)OC1=NC(=O)CN1N(C)c1ccc([N+](=O)[O-])o1. The van der Waals surface area contributed by atoms with E-state index in [1.807, 2.05) is 0 Å². The summed E-state index contributed by atoms with van der Waals surface area (Å²) in [6.45, 7) is 3.61. The van der Waals surface area contributed by atoms with Crippen molar-refractivity contribution < 1.29 is 18.9 Å². The van der Waals surface area contributed by atoms with E-state index in [-0.39, 0.29) is 36.3 Å². The molecule has 1 amide bonds. The molecule has 108 valence electrons. The molecule has 1 aromatic rings. The van der Waals surface area contributed by atoms with Crippen LogP contribution in [0.2, 0.25) is 0 Å². The Labute approximate surface area is 114 Å². The van der Waals surface area contributed by atoms with E-state index in [1.54, 1.807) is 20.9 Å². The fourth-order valence-corrected chi connectivity index (χ4v) is 1.64. The zero-order valence-electron chi connectivity index (χ0n) is 11.3. The van der Waals surface area contributed by atoms with Gasteiger partial charge in [-0.2, -0.15) is 4.99 Å². The summed E-state index contributed by atoms with van der Waals surface area (Å²) in [5, 5.41) is 13.5. The lowest BCUT2D eigenvalue weighted by molar-refractivity contribution is -0.401. The summed E-state index contributed by atoms with van der Waals surface area (Å²) in [7, 11) is 1.60. The number of nitro groups is 1. The van der Waals surface area contributed by atoms with Crippen LogP contribution in [0, 0.1) is 10.1 Å². The van der Waals surface area contributed by atoms with Crippen LogP contribution in [0.4, 0.5) is 11.8 Å². The number of carbonyl (C=O) groups is 1. The molecule has 0 atom stereocenters. The van der Waals surface area contributed by atoms with Crippen molar-refractivity contribution in [3.63, 3.8) is 0 Å². The van der Waals surface area contributed by atoms with Crippen molar-refractivity contribution in [3.8, 4) is 0 Å². The summed E-state index contributed by atoms with van der Waals surface area (Å²) in [5.41, 5.74) is 0. The number of rotatable bonds is 4. The molecule has 0 saturated carbocycles. The smallest absolute Gasteiger partial charge is 0.434 e. The fourth-order valence-electron chi connectivity index (χ4n) is 1.64. The Balaban J connectivity index is 2.18. The second-order valence-corrected chi connectivity index (χ2v) is 4.40. The van der Waals surface area contributed by atoms with E-state index in [0.29, 0.717) is 0 Å². The molecule has 2 rings (SSSR count). The van der Waals surface area contributed by atoms with Gasteiger partial charge in [-0.15, -0.1) is 0 Å². The van der Waals surface area contributed by atoms with E-state index in [1.165, 1.54) is 22.2 Å². The van der Waals surface area contributed by atoms with Crippen LogP contribution in [0.3, 0.4) is 0 Å². The average Bonchev–Trinajstić information content (AvgIpc) is 2.94. The van der Waals surface area contributed by atoms with Crippen LogP contribution >= 0.6 is 0 Å². The van der Waals surface area contributed by atoms with Gasteiger partial charge in [-0.1, -0.05) is 0 Å². The molecule has 0 unspecified atom stereocenters. The van der Waals surface area contributed by atoms with Crippen LogP contribution in [0.5, 0.6) is 0 Å². The third kappa shape index (κ3) is 2.71. The molecule has 2 heterocycles. The van der Waals surface area contributed by atoms with Crippen molar-refractivity contribution in [2.45, 2.75) is 20.0 Å². The summed E-state index contributed by atoms with van der Waals surface area (Å²) in [6.07, 6.45) is -0.151. The minimum absolute atomic E-state index is 0.00689. The van der Waals surface area contributed by atoms with E-state index in [0.717, 1.165) is 0 Å². The molecule has 0 saturated heterocycles. The van der Waals surface area contributed by atoms with Crippen LogP contribution in [0.15, 0.2) is 21.5 Å². The van der Waals surface area contributed by atoms with E-state index < -0.39 is 4.92 Å². The third-order valence-electron chi connectivity index (χ3n) is 2.51. The highest BCUT2D eigenvalue weighted by Gasteiger charge is 2.31. The number of amides is 1. The monoisotopic (exact) mass is 282 g/mol. The summed E-state index contributed by atoms with van der Waals surface area (Å²) >= 11 is 0. The van der Waals surface area contributed by atoms with Crippen LogP contribution in [0.25, 0.3) is 0 Å². The van der Waals surface area contributed by atoms with Gasteiger partial charge in [0.1, 0.15) is 11.5 Å². The maximum absolute atomic E-state index is 11.4. The number of aliphatic imine (C=N–C) groups is 1. The van der Waals surface area contributed by atoms with E-state index in [2.05, 4.69) is 4.99 Å². The predicted molar refractivity (Wildman–Crippen MR) is 69.1 cm³/mol. The summed E-state index contributed by atoms with van der Waals surface area (Å²) in [4.78, 5) is 25.1. The van der Waals surface area contributed by atoms with Crippen molar-refractivity contribution in [3.05, 3.63) is 22.2 Å². The molecule has 9 nitrogen and oxygen atoms in total. The first-order valence-electron chi connectivity index (χ1n) is 5.92. The zero-order chi connectivity index (χ0) is 14.9. The van der Waals surface area contributed by atoms with E-state index in [4.69, 9.17) is 9.15 Å². The number of anilines is 1. The number of carbonyl (C=O) groups excluding carboxylic acids is 1. The molecule has 1 aromatic heterocycles. The Morgan fingerprint density at radius 3 is 2.80 bits per heavy atom. The lowest BCUT2D eigenvalue weighted by Gasteiger charge is -2.29. The Bertz CT molecular complexity index is 565. The van der Waals surface area contributed by atoms with Crippen LogP contribution in [-0.4, -0.2) is 41.6 Å². The number of furan rings is 1. The van der Waals surface area contributed by atoms with Gasteiger partial charge >= 0.3 is 11.9 Å². The summed E-state index contributed by atoms with van der Waals surface area (Å²) in [5.74, 6) is -0.513. The van der Waals surface area contributed by atoms with E-state index >= 15 is 0 Å². The Hall–Kier alpha value is -2.58. The second kappa shape index (κ2) is 5.19. The number of hydrogen-bond donors (Lipinski definition) is 0. The molecule has 20 heavy (non-hydrogen) atoms. The van der Waals surface area contributed by atoms with Crippen molar-refractivity contribution in [1.29, 1.82) is 0 Å². The number of ether oxygens (including phenoxy) is 1. The molecular weight excluding hydrogens is 268 g/mol. The normalized spacial score (nSPS) is 14.7. The van der Waals surface area contributed by atoms with Crippen LogP contribution in [0.1, 0.15) is 13.8 Å². The van der Waals surface area contributed by atoms with Crippen LogP contribution in [-0.2, 0) is 9.53 Å². The highest BCUT2D eigenvalue weighted by atomic mass is 16.6. The van der Waals surface area contributed by atoms with Gasteiger partial charge in [0.15, 0.2) is 0 Å². The standard InChI is InChI=1S/C11H14N4O5/c1-7(2)19-11-12-8(16)6-14(11)13(3)9-4-5-10(20-9)15(17)18/h4-5,7H,6H2,1-3H3. The number of nitrogens with zero attached hydrogens (tertiary/aromatic N) is 4. The first-order valence-corrected chi connectivity index (χ1v) is 5.92. The molecule has 0 aromatic carbocycles. The van der Waals surface area contributed by atoms with E-state index in [9.17, 15) is 14.9 Å². The third-order valence-corrected chi connectivity index (χ3v) is 2.51.